The van der Waals surface area contributed by atoms with Crippen LogP contribution in [0.3, 0.4) is 0 Å². The number of benzene rings is 2. The van der Waals surface area contributed by atoms with Crippen molar-refractivity contribution >= 4 is 5.91 Å². The molecule has 1 atom stereocenters. The van der Waals surface area contributed by atoms with Crippen molar-refractivity contribution < 1.29 is 14.3 Å². The standard InChI is InChI=1S/C19H23NO3/c1-3-18(23-17-11-7-10-16(14-17)22-2)19(21)20-13-12-15-8-5-4-6-9-15/h4-11,14,18H,3,12-13H2,1-2H3,(H,20,21). The van der Waals surface area contributed by atoms with E-state index in [0.717, 1.165) is 6.42 Å². The third-order valence-electron chi connectivity index (χ3n) is 3.54. The monoisotopic (exact) mass is 313 g/mol. The predicted octanol–water partition coefficient (Wildman–Crippen LogP) is 3.21. The normalized spacial score (nSPS) is 11.6. The first-order valence-electron chi connectivity index (χ1n) is 7.85. The van der Waals surface area contributed by atoms with Gasteiger partial charge in [0, 0.05) is 12.6 Å². The highest BCUT2D eigenvalue weighted by Gasteiger charge is 2.18. The first-order valence-corrected chi connectivity index (χ1v) is 7.85. The second-order valence-electron chi connectivity index (χ2n) is 5.22. The minimum atomic E-state index is -0.502. The first kappa shape index (κ1) is 16.9. The van der Waals surface area contributed by atoms with Gasteiger partial charge in [-0.1, -0.05) is 43.3 Å². The second-order valence-corrected chi connectivity index (χ2v) is 5.22. The van der Waals surface area contributed by atoms with E-state index in [1.54, 1.807) is 13.2 Å². The molecule has 0 fully saturated rings. The molecule has 1 unspecified atom stereocenters. The van der Waals surface area contributed by atoms with Crippen LogP contribution in [0.5, 0.6) is 11.5 Å². The van der Waals surface area contributed by atoms with Gasteiger partial charge in [0.2, 0.25) is 0 Å². The molecule has 0 heterocycles. The maximum absolute atomic E-state index is 12.3. The lowest BCUT2D eigenvalue weighted by Crippen LogP contribution is -2.38. The van der Waals surface area contributed by atoms with Gasteiger partial charge in [0.15, 0.2) is 6.10 Å². The van der Waals surface area contributed by atoms with Crippen LogP contribution in [0, 0.1) is 0 Å². The number of rotatable bonds is 8. The minimum absolute atomic E-state index is 0.0914. The third kappa shape index (κ3) is 5.33. The topological polar surface area (TPSA) is 47.6 Å². The number of methoxy groups -OCH3 is 1. The molecular weight excluding hydrogens is 290 g/mol. The van der Waals surface area contributed by atoms with Gasteiger partial charge in [-0.15, -0.1) is 0 Å². The molecule has 0 aliphatic rings. The molecule has 4 heteroatoms. The van der Waals surface area contributed by atoms with E-state index in [0.29, 0.717) is 24.5 Å². The van der Waals surface area contributed by atoms with Gasteiger partial charge in [0.25, 0.3) is 5.91 Å². The molecule has 23 heavy (non-hydrogen) atoms. The number of carbonyl (C=O) groups is 1. The van der Waals surface area contributed by atoms with Gasteiger partial charge >= 0.3 is 0 Å². The van der Waals surface area contributed by atoms with Crippen molar-refractivity contribution in [3.05, 3.63) is 60.2 Å². The lowest BCUT2D eigenvalue weighted by Gasteiger charge is -2.17. The van der Waals surface area contributed by atoms with Crippen molar-refractivity contribution in [2.45, 2.75) is 25.9 Å². The zero-order valence-corrected chi connectivity index (χ0v) is 13.6. The number of hydrogen-bond acceptors (Lipinski definition) is 3. The second kappa shape index (κ2) is 8.83. The average Bonchev–Trinajstić information content (AvgIpc) is 2.60. The van der Waals surface area contributed by atoms with Crippen molar-refractivity contribution in [1.82, 2.24) is 5.32 Å². The fraction of sp³-hybridized carbons (Fsp3) is 0.316. The van der Waals surface area contributed by atoms with Gasteiger partial charge in [-0.25, -0.2) is 0 Å². The van der Waals surface area contributed by atoms with Crippen LogP contribution >= 0.6 is 0 Å². The molecule has 0 aliphatic carbocycles. The maximum atomic E-state index is 12.3. The van der Waals surface area contributed by atoms with Crippen LogP contribution < -0.4 is 14.8 Å². The molecule has 4 nitrogen and oxygen atoms in total. The molecule has 0 saturated heterocycles. The van der Waals surface area contributed by atoms with Gasteiger partial charge < -0.3 is 14.8 Å². The molecule has 0 radical (unpaired) electrons. The number of nitrogens with one attached hydrogen (secondary N) is 1. The Bertz CT molecular complexity index is 613. The summed E-state index contributed by atoms with van der Waals surface area (Å²) in [6.45, 7) is 2.53. The van der Waals surface area contributed by atoms with Gasteiger partial charge in [0.1, 0.15) is 11.5 Å². The molecule has 122 valence electrons. The SMILES string of the molecule is CCC(Oc1cccc(OC)c1)C(=O)NCCc1ccccc1. The number of ether oxygens (including phenoxy) is 2. The van der Waals surface area contributed by atoms with Crippen molar-refractivity contribution in [2.75, 3.05) is 13.7 Å². The van der Waals surface area contributed by atoms with Crippen LogP contribution in [0.2, 0.25) is 0 Å². The summed E-state index contributed by atoms with van der Waals surface area (Å²) < 4.78 is 10.9. The van der Waals surface area contributed by atoms with Crippen LogP contribution in [-0.2, 0) is 11.2 Å². The number of hydrogen-bond donors (Lipinski definition) is 1. The van der Waals surface area contributed by atoms with Crippen LogP contribution in [-0.4, -0.2) is 25.7 Å². The molecule has 2 aromatic rings. The van der Waals surface area contributed by atoms with Crippen LogP contribution in [0.15, 0.2) is 54.6 Å². The van der Waals surface area contributed by atoms with E-state index < -0.39 is 6.10 Å². The summed E-state index contributed by atoms with van der Waals surface area (Å²) in [4.78, 5) is 12.3. The zero-order valence-electron chi connectivity index (χ0n) is 13.6. The molecule has 2 rings (SSSR count). The van der Waals surface area contributed by atoms with Crippen molar-refractivity contribution in [3.63, 3.8) is 0 Å². The average molecular weight is 313 g/mol. The molecular formula is C19H23NO3. The van der Waals surface area contributed by atoms with Crippen molar-refractivity contribution in [2.24, 2.45) is 0 Å². The fourth-order valence-electron chi connectivity index (χ4n) is 2.25. The molecule has 1 N–H and O–H groups in total. The van der Waals surface area contributed by atoms with Crippen LogP contribution in [0.25, 0.3) is 0 Å². The smallest absolute Gasteiger partial charge is 0.261 e. The Hall–Kier alpha value is -2.49. The van der Waals surface area contributed by atoms with Crippen LogP contribution in [0.4, 0.5) is 0 Å². The van der Waals surface area contributed by atoms with E-state index in [4.69, 9.17) is 9.47 Å². The van der Waals surface area contributed by atoms with Gasteiger partial charge in [0.05, 0.1) is 7.11 Å². The third-order valence-corrected chi connectivity index (χ3v) is 3.54. The Balaban J connectivity index is 1.85. The fourth-order valence-corrected chi connectivity index (χ4v) is 2.25. The van der Waals surface area contributed by atoms with E-state index in [1.165, 1.54) is 5.56 Å². The first-order chi connectivity index (χ1) is 11.2. The molecule has 2 aromatic carbocycles. The van der Waals surface area contributed by atoms with E-state index in [1.807, 2.05) is 43.3 Å². The Morgan fingerprint density at radius 2 is 1.83 bits per heavy atom. The summed E-state index contributed by atoms with van der Waals surface area (Å²) in [5.74, 6) is 1.25. The summed E-state index contributed by atoms with van der Waals surface area (Å²) in [6, 6.07) is 17.4. The summed E-state index contributed by atoms with van der Waals surface area (Å²) in [5, 5.41) is 2.94. The molecule has 0 aliphatic heterocycles. The predicted molar refractivity (Wildman–Crippen MR) is 90.9 cm³/mol. The van der Waals surface area contributed by atoms with Crippen molar-refractivity contribution in [3.8, 4) is 11.5 Å². The molecule has 0 aromatic heterocycles. The van der Waals surface area contributed by atoms with Crippen molar-refractivity contribution in [1.29, 1.82) is 0 Å². The molecule has 0 saturated carbocycles. The highest BCUT2D eigenvalue weighted by Crippen LogP contribution is 2.20. The quantitative estimate of drug-likeness (QED) is 0.814. The summed E-state index contributed by atoms with van der Waals surface area (Å²) in [7, 11) is 1.60. The Morgan fingerprint density at radius 1 is 1.09 bits per heavy atom. The maximum Gasteiger partial charge on any atom is 0.261 e. The molecule has 1 amide bonds. The highest BCUT2D eigenvalue weighted by molar-refractivity contribution is 5.81. The lowest BCUT2D eigenvalue weighted by atomic mass is 10.1. The lowest BCUT2D eigenvalue weighted by molar-refractivity contribution is -0.128. The van der Waals surface area contributed by atoms with Gasteiger partial charge in [-0.2, -0.15) is 0 Å². The summed E-state index contributed by atoms with van der Waals surface area (Å²) in [5.41, 5.74) is 1.20. The number of amides is 1. The van der Waals surface area contributed by atoms with Gasteiger partial charge in [-0.3, -0.25) is 4.79 Å². The van der Waals surface area contributed by atoms with E-state index >= 15 is 0 Å². The Morgan fingerprint density at radius 3 is 2.52 bits per heavy atom. The zero-order chi connectivity index (χ0) is 16.5. The minimum Gasteiger partial charge on any atom is -0.497 e. The Labute approximate surface area is 137 Å². The van der Waals surface area contributed by atoms with Crippen LogP contribution in [0.1, 0.15) is 18.9 Å². The Kier molecular flexibility index (Phi) is 6.48. The largest absolute Gasteiger partial charge is 0.497 e. The summed E-state index contributed by atoms with van der Waals surface area (Å²) in [6.07, 6.45) is 0.911. The van der Waals surface area contributed by atoms with Gasteiger partial charge in [-0.05, 0) is 30.5 Å². The number of carbonyl (C=O) groups excluding carboxylic acids is 1. The summed E-state index contributed by atoms with van der Waals surface area (Å²) >= 11 is 0. The highest BCUT2D eigenvalue weighted by atomic mass is 16.5. The van der Waals surface area contributed by atoms with E-state index in [9.17, 15) is 4.79 Å². The molecule has 0 bridgehead atoms. The van der Waals surface area contributed by atoms with E-state index in [2.05, 4.69) is 17.4 Å². The molecule has 0 spiro atoms. The van der Waals surface area contributed by atoms with E-state index in [-0.39, 0.29) is 5.91 Å².